The van der Waals surface area contributed by atoms with Crippen LogP contribution in [0.3, 0.4) is 0 Å². The first-order valence-electron chi connectivity index (χ1n) is 8.16. The van der Waals surface area contributed by atoms with Gasteiger partial charge in [0.25, 0.3) is 0 Å². The Balaban J connectivity index is 1.96. The van der Waals surface area contributed by atoms with Crippen LogP contribution in [0.25, 0.3) is 33.5 Å². The Hall–Kier alpha value is -3.99. The van der Waals surface area contributed by atoms with Crippen molar-refractivity contribution in [1.82, 2.24) is 25.1 Å². The number of fused-ring (bicyclic) bond motifs is 1. The summed E-state index contributed by atoms with van der Waals surface area (Å²) in [5, 5.41) is 28.3. The number of nitrogens with two attached hydrogens (primary N) is 1. The predicted octanol–water partition coefficient (Wildman–Crippen LogP) is 2.86. The summed E-state index contributed by atoms with van der Waals surface area (Å²) in [4.78, 5) is 11.5. The fraction of sp³-hybridized carbons (Fsp3) is 0.105. The summed E-state index contributed by atoms with van der Waals surface area (Å²) in [5.74, 6) is 0.264. The average Bonchev–Trinajstić information content (AvgIpc) is 3.09. The number of nitriles is 1. The molecule has 27 heavy (non-hydrogen) atoms. The highest BCUT2D eigenvalue weighted by molar-refractivity contribution is 5.94. The molecule has 0 atom stereocenters. The predicted molar refractivity (Wildman–Crippen MR) is 101 cm³/mol. The molecule has 0 aliphatic carbocycles. The van der Waals surface area contributed by atoms with Gasteiger partial charge in [-0.2, -0.15) is 5.26 Å². The van der Waals surface area contributed by atoms with Gasteiger partial charge in [0.1, 0.15) is 23.2 Å². The number of aromatic hydroxyl groups is 1. The zero-order chi connectivity index (χ0) is 19.1. The van der Waals surface area contributed by atoms with E-state index >= 15 is 0 Å². The number of nitrogen functional groups attached to an aromatic ring is 1. The molecule has 0 aliphatic rings. The van der Waals surface area contributed by atoms with Crippen LogP contribution in [-0.2, 0) is 0 Å². The van der Waals surface area contributed by atoms with Gasteiger partial charge in [-0.05, 0) is 42.7 Å². The molecule has 0 unspecified atom stereocenters. The van der Waals surface area contributed by atoms with Crippen molar-refractivity contribution in [2.75, 3.05) is 5.73 Å². The first-order chi connectivity index (χ1) is 13.0. The molecule has 1 aromatic carbocycles. The number of phenolic OH excluding ortho intramolecular Hbond substituents is 1. The smallest absolute Gasteiger partial charge is 0.240 e. The summed E-state index contributed by atoms with van der Waals surface area (Å²) in [7, 11) is 0. The van der Waals surface area contributed by atoms with Crippen molar-refractivity contribution in [2.24, 2.45) is 0 Å². The van der Waals surface area contributed by atoms with Gasteiger partial charge in [0, 0.05) is 17.1 Å². The van der Waals surface area contributed by atoms with Gasteiger partial charge in [-0.3, -0.25) is 0 Å². The minimum Gasteiger partial charge on any atom is -0.508 e. The molecule has 8 nitrogen and oxygen atoms in total. The van der Waals surface area contributed by atoms with Gasteiger partial charge >= 0.3 is 0 Å². The van der Waals surface area contributed by atoms with E-state index in [4.69, 9.17) is 5.73 Å². The van der Waals surface area contributed by atoms with E-state index in [1.54, 1.807) is 18.3 Å². The van der Waals surface area contributed by atoms with E-state index in [0.717, 1.165) is 11.1 Å². The Bertz CT molecular complexity index is 1220. The van der Waals surface area contributed by atoms with Crippen LogP contribution in [0.15, 0.2) is 30.6 Å². The molecule has 0 amide bonds. The van der Waals surface area contributed by atoms with E-state index in [0.29, 0.717) is 39.1 Å². The third-order valence-electron chi connectivity index (χ3n) is 4.54. The van der Waals surface area contributed by atoms with E-state index in [1.165, 1.54) is 6.20 Å². The van der Waals surface area contributed by atoms with Gasteiger partial charge in [0.15, 0.2) is 0 Å². The molecule has 0 radical (unpaired) electrons. The number of H-pyrrole nitrogens is 1. The number of aryl methyl sites for hydroxylation is 1. The van der Waals surface area contributed by atoms with Crippen molar-refractivity contribution in [3.8, 4) is 34.3 Å². The molecule has 0 saturated heterocycles. The fourth-order valence-corrected chi connectivity index (χ4v) is 3.18. The number of aromatic amines is 1. The van der Waals surface area contributed by atoms with E-state index in [9.17, 15) is 10.4 Å². The highest BCUT2D eigenvalue weighted by Gasteiger charge is 2.18. The summed E-state index contributed by atoms with van der Waals surface area (Å²) in [6, 6.07) is 7.53. The normalized spacial score (nSPS) is 10.9. The SMILES string of the molecule is Cc1ccc(O)c(C)c1-c1cnc2[nH]c(-c3cnc(N)nn3)cc2c1C#N. The quantitative estimate of drug-likeness (QED) is 0.501. The van der Waals surface area contributed by atoms with Gasteiger partial charge in [0.05, 0.1) is 17.5 Å². The minimum atomic E-state index is 0.0859. The first-order valence-corrected chi connectivity index (χ1v) is 8.16. The van der Waals surface area contributed by atoms with Crippen LogP contribution in [0.2, 0.25) is 0 Å². The molecule has 3 heterocycles. The zero-order valence-corrected chi connectivity index (χ0v) is 14.6. The lowest BCUT2D eigenvalue weighted by Crippen LogP contribution is -1.97. The van der Waals surface area contributed by atoms with Crippen LogP contribution in [0, 0.1) is 25.2 Å². The van der Waals surface area contributed by atoms with E-state index in [-0.39, 0.29) is 11.7 Å². The fourth-order valence-electron chi connectivity index (χ4n) is 3.18. The second kappa shape index (κ2) is 6.07. The summed E-state index contributed by atoms with van der Waals surface area (Å²) < 4.78 is 0. The monoisotopic (exact) mass is 357 g/mol. The zero-order valence-electron chi connectivity index (χ0n) is 14.6. The van der Waals surface area contributed by atoms with E-state index in [1.807, 2.05) is 19.9 Å². The molecule has 0 bridgehead atoms. The molecule has 132 valence electrons. The largest absolute Gasteiger partial charge is 0.508 e. The third-order valence-corrected chi connectivity index (χ3v) is 4.54. The Morgan fingerprint density at radius 3 is 2.67 bits per heavy atom. The number of aromatic nitrogens is 5. The Morgan fingerprint density at radius 2 is 1.96 bits per heavy atom. The number of nitrogens with zero attached hydrogens (tertiary/aromatic N) is 5. The number of pyridine rings is 1. The first kappa shape index (κ1) is 16.5. The van der Waals surface area contributed by atoms with Gasteiger partial charge < -0.3 is 15.8 Å². The minimum absolute atomic E-state index is 0.0859. The lowest BCUT2D eigenvalue weighted by Gasteiger charge is -2.13. The Kier molecular flexibility index (Phi) is 3.70. The average molecular weight is 357 g/mol. The molecule has 4 rings (SSSR count). The maximum Gasteiger partial charge on any atom is 0.240 e. The lowest BCUT2D eigenvalue weighted by atomic mass is 9.92. The van der Waals surface area contributed by atoms with Crippen LogP contribution < -0.4 is 5.73 Å². The van der Waals surface area contributed by atoms with Crippen molar-refractivity contribution in [1.29, 1.82) is 5.26 Å². The van der Waals surface area contributed by atoms with Crippen LogP contribution >= 0.6 is 0 Å². The van der Waals surface area contributed by atoms with E-state index in [2.05, 4.69) is 31.2 Å². The number of nitrogens with one attached hydrogen (secondary N) is 1. The standard InChI is InChI=1S/C19H15N7O/c1-9-3-4-16(27)10(2)17(9)13-7-22-18-11(12(13)6-20)5-14(24-18)15-8-23-19(21)26-25-15/h3-5,7-8,27H,1-2H3,(H,22,24)(H2,21,23,26). The Morgan fingerprint density at radius 1 is 1.15 bits per heavy atom. The maximum atomic E-state index is 10.1. The number of benzene rings is 1. The van der Waals surface area contributed by atoms with Crippen molar-refractivity contribution >= 4 is 17.0 Å². The van der Waals surface area contributed by atoms with Gasteiger partial charge in [-0.15, -0.1) is 10.2 Å². The molecule has 4 N–H and O–H groups in total. The molecule has 0 saturated carbocycles. The number of hydrogen-bond acceptors (Lipinski definition) is 7. The van der Waals surface area contributed by atoms with Gasteiger partial charge in [-0.25, -0.2) is 9.97 Å². The van der Waals surface area contributed by atoms with Crippen LogP contribution in [0.1, 0.15) is 16.7 Å². The summed E-state index contributed by atoms with van der Waals surface area (Å²) in [6.45, 7) is 3.76. The van der Waals surface area contributed by atoms with Gasteiger partial charge in [0.2, 0.25) is 5.95 Å². The lowest BCUT2D eigenvalue weighted by molar-refractivity contribution is 0.471. The molecule has 4 aromatic rings. The van der Waals surface area contributed by atoms with Crippen molar-refractivity contribution in [2.45, 2.75) is 13.8 Å². The van der Waals surface area contributed by atoms with Crippen molar-refractivity contribution < 1.29 is 5.11 Å². The Labute approximate surface area is 154 Å². The second-order valence-corrected chi connectivity index (χ2v) is 6.21. The highest BCUT2D eigenvalue weighted by Crippen LogP contribution is 2.37. The summed E-state index contributed by atoms with van der Waals surface area (Å²) in [6.07, 6.45) is 3.15. The van der Waals surface area contributed by atoms with Crippen LogP contribution in [-0.4, -0.2) is 30.3 Å². The second-order valence-electron chi connectivity index (χ2n) is 6.21. The molecule has 8 heteroatoms. The number of hydrogen-bond donors (Lipinski definition) is 3. The molecule has 3 aromatic heterocycles. The van der Waals surface area contributed by atoms with E-state index < -0.39 is 0 Å². The molecule has 0 spiro atoms. The topological polar surface area (TPSA) is 137 Å². The summed E-state index contributed by atoms with van der Waals surface area (Å²) >= 11 is 0. The number of rotatable bonds is 2. The highest BCUT2D eigenvalue weighted by atomic mass is 16.3. The van der Waals surface area contributed by atoms with Crippen molar-refractivity contribution in [3.05, 3.63) is 47.3 Å². The number of phenols is 1. The third kappa shape index (κ3) is 2.62. The molecular weight excluding hydrogens is 342 g/mol. The van der Waals surface area contributed by atoms with Crippen LogP contribution in [0.4, 0.5) is 5.95 Å². The van der Waals surface area contributed by atoms with Crippen molar-refractivity contribution in [3.63, 3.8) is 0 Å². The van der Waals surface area contributed by atoms with Gasteiger partial charge in [-0.1, -0.05) is 6.07 Å². The molecule has 0 fully saturated rings. The number of anilines is 1. The molecule has 0 aliphatic heterocycles. The maximum absolute atomic E-state index is 10.1. The van der Waals surface area contributed by atoms with Crippen LogP contribution in [0.5, 0.6) is 5.75 Å². The summed E-state index contributed by atoms with van der Waals surface area (Å²) in [5.41, 5.74) is 10.8. The molecular formula is C19H15N7O.